The highest BCUT2D eigenvalue weighted by atomic mass is 32.2. The first-order valence-electron chi connectivity index (χ1n) is 10.1. The first-order chi connectivity index (χ1) is 14.4. The highest BCUT2D eigenvalue weighted by Crippen LogP contribution is 2.24. The van der Waals surface area contributed by atoms with Gasteiger partial charge in [0.1, 0.15) is 6.04 Å². The summed E-state index contributed by atoms with van der Waals surface area (Å²) in [5.74, 6) is -0.431. The maximum absolute atomic E-state index is 13.0. The van der Waals surface area contributed by atoms with Crippen LogP contribution < -0.4 is 5.32 Å². The average Bonchev–Trinajstić information content (AvgIpc) is 3.29. The van der Waals surface area contributed by atoms with Crippen LogP contribution >= 0.6 is 11.3 Å². The Balaban J connectivity index is 1.79. The number of benzene rings is 1. The lowest BCUT2D eigenvalue weighted by atomic mass is 10.0. The van der Waals surface area contributed by atoms with Crippen LogP contribution in [0.5, 0.6) is 0 Å². The molecule has 1 fully saturated rings. The number of sulfonamides is 1. The lowest BCUT2D eigenvalue weighted by Crippen LogP contribution is -2.49. The zero-order chi connectivity index (χ0) is 21.7. The minimum absolute atomic E-state index is 0.136. The fraction of sp³-hybridized carbons (Fsp3) is 0.429. The summed E-state index contributed by atoms with van der Waals surface area (Å²) in [6.45, 7) is 4.85. The Hall–Kier alpha value is -2.23. The van der Waals surface area contributed by atoms with Crippen molar-refractivity contribution in [1.29, 1.82) is 0 Å². The van der Waals surface area contributed by atoms with Crippen molar-refractivity contribution >= 4 is 38.9 Å². The average molecular weight is 450 g/mol. The van der Waals surface area contributed by atoms with Gasteiger partial charge in [0.2, 0.25) is 15.9 Å². The van der Waals surface area contributed by atoms with Crippen molar-refractivity contribution in [2.75, 3.05) is 25.0 Å². The van der Waals surface area contributed by atoms with Crippen LogP contribution in [0.25, 0.3) is 0 Å². The molecule has 0 spiro atoms. The maximum Gasteiger partial charge on any atom is 0.264 e. The number of thiophene rings is 1. The van der Waals surface area contributed by atoms with Crippen LogP contribution in [0, 0.1) is 0 Å². The molecule has 1 aromatic carbocycles. The van der Waals surface area contributed by atoms with Crippen molar-refractivity contribution in [1.82, 2.24) is 9.21 Å². The number of carbonyl (C=O) groups is 2. The molecule has 30 heavy (non-hydrogen) atoms. The molecular weight excluding hydrogens is 422 g/mol. The summed E-state index contributed by atoms with van der Waals surface area (Å²) in [7, 11) is -3.62. The molecule has 2 heterocycles. The molecule has 1 aromatic heterocycles. The van der Waals surface area contributed by atoms with E-state index in [1.54, 1.807) is 36.9 Å². The first-order valence-corrected chi connectivity index (χ1v) is 12.5. The van der Waals surface area contributed by atoms with Gasteiger partial charge in [-0.15, -0.1) is 11.3 Å². The lowest BCUT2D eigenvalue weighted by Gasteiger charge is -2.34. The highest BCUT2D eigenvalue weighted by molar-refractivity contribution is 7.89. The molecule has 1 aliphatic heterocycles. The molecule has 2 aromatic rings. The summed E-state index contributed by atoms with van der Waals surface area (Å²) >= 11 is 1.36. The molecule has 1 aliphatic rings. The normalized spacial score (nSPS) is 17.2. The predicted molar refractivity (Wildman–Crippen MR) is 118 cm³/mol. The molecule has 162 valence electrons. The Bertz CT molecular complexity index is 985. The van der Waals surface area contributed by atoms with Gasteiger partial charge in [-0.25, -0.2) is 8.42 Å². The van der Waals surface area contributed by atoms with Crippen LogP contribution in [-0.4, -0.2) is 55.1 Å². The quantitative estimate of drug-likeness (QED) is 0.702. The molecule has 0 bridgehead atoms. The Morgan fingerprint density at radius 1 is 1.17 bits per heavy atom. The van der Waals surface area contributed by atoms with Gasteiger partial charge < -0.3 is 10.2 Å². The summed E-state index contributed by atoms with van der Waals surface area (Å²) in [6, 6.07) is 9.28. The Morgan fingerprint density at radius 2 is 1.93 bits per heavy atom. The van der Waals surface area contributed by atoms with Crippen LogP contribution in [-0.2, 0) is 14.8 Å². The van der Waals surface area contributed by atoms with Gasteiger partial charge in [-0.05, 0) is 48.9 Å². The topological polar surface area (TPSA) is 86.8 Å². The van der Waals surface area contributed by atoms with E-state index in [-0.39, 0.29) is 16.7 Å². The standard InChI is InChI=1S/C21H27N3O4S2/c1-3-23(4-2)30(27,28)17-10-7-9-16(15-17)22-20(25)18-11-5-6-13-24(18)21(26)19-12-8-14-29-19/h7-10,12,14-15,18H,3-6,11,13H2,1-2H3,(H,22,25). The molecule has 1 saturated heterocycles. The monoisotopic (exact) mass is 449 g/mol. The number of rotatable bonds is 7. The Morgan fingerprint density at radius 3 is 2.60 bits per heavy atom. The van der Waals surface area contributed by atoms with E-state index >= 15 is 0 Å². The number of amides is 2. The fourth-order valence-electron chi connectivity index (χ4n) is 3.66. The van der Waals surface area contributed by atoms with Crippen molar-refractivity contribution < 1.29 is 18.0 Å². The van der Waals surface area contributed by atoms with Gasteiger partial charge in [0.15, 0.2) is 0 Å². The smallest absolute Gasteiger partial charge is 0.264 e. The zero-order valence-electron chi connectivity index (χ0n) is 17.2. The minimum Gasteiger partial charge on any atom is -0.326 e. The molecule has 3 rings (SSSR count). The summed E-state index contributed by atoms with van der Waals surface area (Å²) in [4.78, 5) is 28.2. The molecule has 1 N–H and O–H groups in total. The Kier molecular flexibility index (Phi) is 7.27. The fourth-order valence-corrected chi connectivity index (χ4v) is 5.84. The van der Waals surface area contributed by atoms with Gasteiger partial charge in [-0.2, -0.15) is 4.31 Å². The van der Waals surface area contributed by atoms with Crippen LogP contribution in [0.1, 0.15) is 42.8 Å². The summed E-state index contributed by atoms with van der Waals surface area (Å²) in [5, 5.41) is 4.66. The SMILES string of the molecule is CCN(CC)S(=O)(=O)c1cccc(NC(=O)C2CCCCN2C(=O)c2cccs2)c1. The predicted octanol–water partition coefficient (Wildman–Crippen LogP) is 3.41. The van der Waals surface area contributed by atoms with Crippen LogP contribution in [0.15, 0.2) is 46.7 Å². The van der Waals surface area contributed by atoms with Gasteiger partial charge in [0.05, 0.1) is 9.77 Å². The van der Waals surface area contributed by atoms with Crippen molar-refractivity contribution in [2.45, 2.75) is 44.0 Å². The van der Waals surface area contributed by atoms with Crippen molar-refractivity contribution in [2.24, 2.45) is 0 Å². The summed E-state index contributed by atoms with van der Waals surface area (Å²) < 4.78 is 26.9. The molecule has 2 amide bonds. The van der Waals surface area contributed by atoms with E-state index in [0.29, 0.717) is 36.6 Å². The molecule has 1 unspecified atom stereocenters. The van der Waals surface area contributed by atoms with E-state index in [9.17, 15) is 18.0 Å². The third-order valence-corrected chi connectivity index (χ3v) is 8.15. The number of nitrogens with one attached hydrogen (secondary N) is 1. The van der Waals surface area contributed by atoms with Crippen LogP contribution in [0.2, 0.25) is 0 Å². The second-order valence-electron chi connectivity index (χ2n) is 7.09. The lowest BCUT2D eigenvalue weighted by molar-refractivity contribution is -0.121. The van der Waals surface area contributed by atoms with Gasteiger partial charge in [0.25, 0.3) is 5.91 Å². The van der Waals surface area contributed by atoms with Gasteiger partial charge >= 0.3 is 0 Å². The number of nitrogens with zero attached hydrogens (tertiary/aromatic N) is 2. The van der Waals surface area contributed by atoms with Crippen LogP contribution in [0.3, 0.4) is 0 Å². The molecule has 9 heteroatoms. The third-order valence-electron chi connectivity index (χ3n) is 5.24. The van der Waals surface area contributed by atoms with E-state index in [2.05, 4.69) is 5.32 Å². The highest BCUT2D eigenvalue weighted by Gasteiger charge is 2.33. The number of hydrogen-bond acceptors (Lipinski definition) is 5. The van der Waals surface area contributed by atoms with Gasteiger partial charge in [0, 0.05) is 25.3 Å². The van der Waals surface area contributed by atoms with E-state index < -0.39 is 16.1 Å². The van der Waals surface area contributed by atoms with E-state index in [4.69, 9.17) is 0 Å². The van der Waals surface area contributed by atoms with Crippen molar-refractivity contribution in [3.63, 3.8) is 0 Å². The number of hydrogen-bond donors (Lipinski definition) is 1. The van der Waals surface area contributed by atoms with Gasteiger partial charge in [-0.1, -0.05) is 26.0 Å². The van der Waals surface area contributed by atoms with E-state index in [1.165, 1.54) is 27.8 Å². The third kappa shape index (κ3) is 4.74. The van der Waals surface area contributed by atoms with Crippen molar-refractivity contribution in [3.05, 3.63) is 46.7 Å². The zero-order valence-corrected chi connectivity index (χ0v) is 18.8. The Labute approximate surface area is 181 Å². The van der Waals surface area contributed by atoms with E-state index in [1.807, 2.05) is 11.4 Å². The molecule has 0 radical (unpaired) electrons. The molecule has 7 nitrogen and oxygen atoms in total. The minimum atomic E-state index is -3.62. The number of piperidine rings is 1. The van der Waals surface area contributed by atoms with E-state index in [0.717, 1.165) is 12.8 Å². The van der Waals surface area contributed by atoms with Gasteiger partial charge in [-0.3, -0.25) is 9.59 Å². The van der Waals surface area contributed by atoms with Crippen molar-refractivity contribution in [3.8, 4) is 0 Å². The summed E-state index contributed by atoms with van der Waals surface area (Å²) in [5.41, 5.74) is 0.405. The molecule has 1 atom stereocenters. The second kappa shape index (κ2) is 9.72. The first kappa shape index (κ1) is 22.5. The second-order valence-corrected chi connectivity index (χ2v) is 9.98. The molecule has 0 aliphatic carbocycles. The number of carbonyl (C=O) groups excluding carboxylic acids is 2. The number of anilines is 1. The number of likely N-dealkylation sites (tertiary alicyclic amines) is 1. The summed E-state index contributed by atoms with van der Waals surface area (Å²) in [6.07, 6.45) is 2.31. The largest absolute Gasteiger partial charge is 0.326 e. The molecular formula is C21H27N3O4S2. The molecule has 0 saturated carbocycles. The van der Waals surface area contributed by atoms with Crippen LogP contribution in [0.4, 0.5) is 5.69 Å². The maximum atomic E-state index is 13.0.